The quantitative estimate of drug-likeness (QED) is 0.899. The van der Waals surface area contributed by atoms with E-state index in [-0.39, 0.29) is 5.56 Å². The lowest BCUT2D eigenvalue weighted by atomic mass is 10.2. The van der Waals surface area contributed by atoms with Crippen LogP contribution in [-0.4, -0.2) is 16.1 Å². The zero-order chi connectivity index (χ0) is 13.1. The van der Waals surface area contributed by atoms with Gasteiger partial charge in [0.1, 0.15) is 5.03 Å². The Labute approximate surface area is 121 Å². The molecule has 2 rings (SSSR count). The molecule has 0 radical (unpaired) electrons. The molecule has 0 saturated heterocycles. The number of carboxylic acids is 1. The summed E-state index contributed by atoms with van der Waals surface area (Å²) in [5.74, 6) is -0.955. The van der Waals surface area contributed by atoms with Crippen LogP contribution in [0.25, 0.3) is 0 Å². The van der Waals surface area contributed by atoms with Crippen LogP contribution in [0.1, 0.15) is 10.4 Å². The number of carboxylic acid groups (broad SMARTS) is 1. The molecule has 0 saturated carbocycles. The van der Waals surface area contributed by atoms with Crippen molar-refractivity contribution < 1.29 is 9.90 Å². The van der Waals surface area contributed by atoms with Crippen LogP contribution in [-0.2, 0) is 0 Å². The van der Waals surface area contributed by atoms with Gasteiger partial charge in [-0.3, -0.25) is 0 Å². The molecule has 0 aliphatic heterocycles. The first-order chi connectivity index (χ1) is 8.58. The first-order valence-electron chi connectivity index (χ1n) is 4.89. The number of halogens is 2. The predicted molar refractivity (Wildman–Crippen MR) is 74.5 cm³/mol. The second-order valence-electron chi connectivity index (χ2n) is 3.34. The lowest BCUT2D eigenvalue weighted by Gasteiger charge is -2.05. The van der Waals surface area contributed by atoms with Gasteiger partial charge in [-0.05, 0) is 46.3 Å². The topological polar surface area (TPSA) is 50.2 Å². The fraction of sp³-hybridized carbons (Fsp3) is 0. The van der Waals surface area contributed by atoms with Gasteiger partial charge in [0.15, 0.2) is 0 Å². The molecule has 1 heterocycles. The predicted octanol–water partition coefficient (Wildman–Crippen LogP) is 4.35. The van der Waals surface area contributed by atoms with Gasteiger partial charge in [0.2, 0.25) is 0 Å². The normalized spacial score (nSPS) is 10.3. The van der Waals surface area contributed by atoms with Crippen molar-refractivity contribution in [3.63, 3.8) is 0 Å². The van der Waals surface area contributed by atoms with Gasteiger partial charge in [0, 0.05) is 15.6 Å². The SMILES string of the molecule is O=C(O)c1ccc(Sc2ncccc2Cl)c(Br)c1. The van der Waals surface area contributed by atoms with Crippen molar-refractivity contribution in [3.8, 4) is 0 Å². The van der Waals surface area contributed by atoms with E-state index < -0.39 is 5.97 Å². The number of hydrogen-bond acceptors (Lipinski definition) is 3. The summed E-state index contributed by atoms with van der Waals surface area (Å²) in [4.78, 5) is 15.8. The van der Waals surface area contributed by atoms with Crippen molar-refractivity contribution >= 4 is 45.3 Å². The third-order valence-electron chi connectivity index (χ3n) is 2.11. The van der Waals surface area contributed by atoms with Gasteiger partial charge in [-0.2, -0.15) is 0 Å². The minimum atomic E-state index is -0.955. The summed E-state index contributed by atoms with van der Waals surface area (Å²) in [6.07, 6.45) is 1.66. The lowest BCUT2D eigenvalue weighted by molar-refractivity contribution is 0.0696. The minimum Gasteiger partial charge on any atom is -0.478 e. The monoisotopic (exact) mass is 343 g/mol. The Morgan fingerprint density at radius 1 is 1.39 bits per heavy atom. The van der Waals surface area contributed by atoms with Gasteiger partial charge >= 0.3 is 5.97 Å². The number of benzene rings is 1. The van der Waals surface area contributed by atoms with Gasteiger partial charge in [-0.15, -0.1) is 0 Å². The van der Waals surface area contributed by atoms with Crippen molar-refractivity contribution in [2.24, 2.45) is 0 Å². The molecule has 1 aromatic carbocycles. The van der Waals surface area contributed by atoms with Crippen molar-refractivity contribution in [1.82, 2.24) is 4.98 Å². The van der Waals surface area contributed by atoms with Crippen molar-refractivity contribution in [2.45, 2.75) is 9.92 Å². The Hall–Kier alpha value is -1.04. The molecule has 3 nitrogen and oxygen atoms in total. The third kappa shape index (κ3) is 3.04. The van der Waals surface area contributed by atoms with Gasteiger partial charge in [-0.25, -0.2) is 9.78 Å². The number of pyridine rings is 1. The molecule has 1 aromatic heterocycles. The Kier molecular flexibility index (Phi) is 4.27. The van der Waals surface area contributed by atoms with Crippen molar-refractivity contribution in [2.75, 3.05) is 0 Å². The highest BCUT2D eigenvalue weighted by atomic mass is 79.9. The number of aromatic nitrogens is 1. The smallest absolute Gasteiger partial charge is 0.335 e. The maximum absolute atomic E-state index is 10.8. The number of hydrogen-bond donors (Lipinski definition) is 1. The Bertz CT molecular complexity index is 606. The van der Waals surface area contributed by atoms with Crippen LogP contribution in [0.15, 0.2) is 50.9 Å². The molecule has 18 heavy (non-hydrogen) atoms. The second kappa shape index (κ2) is 5.73. The van der Waals surface area contributed by atoms with E-state index in [4.69, 9.17) is 16.7 Å². The molecule has 0 atom stereocenters. The second-order valence-corrected chi connectivity index (χ2v) is 5.63. The molecule has 0 bridgehead atoms. The first-order valence-corrected chi connectivity index (χ1v) is 6.88. The summed E-state index contributed by atoms with van der Waals surface area (Å²) >= 11 is 10.7. The molecule has 0 spiro atoms. The van der Waals surface area contributed by atoms with Gasteiger partial charge in [-0.1, -0.05) is 23.4 Å². The Morgan fingerprint density at radius 3 is 2.78 bits per heavy atom. The van der Waals surface area contributed by atoms with E-state index in [1.807, 2.05) is 0 Å². The van der Waals surface area contributed by atoms with Crippen LogP contribution in [0.5, 0.6) is 0 Å². The molecule has 0 unspecified atom stereocenters. The van der Waals surface area contributed by atoms with Crippen LogP contribution in [0.2, 0.25) is 5.02 Å². The van der Waals surface area contributed by atoms with E-state index in [0.717, 1.165) is 4.90 Å². The summed E-state index contributed by atoms with van der Waals surface area (Å²) in [5, 5.41) is 10.1. The summed E-state index contributed by atoms with van der Waals surface area (Å²) in [7, 11) is 0. The molecule has 0 fully saturated rings. The Morgan fingerprint density at radius 2 is 2.17 bits per heavy atom. The molecule has 0 aliphatic carbocycles. The van der Waals surface area contributed by atoms with E-state index in [2.05, 4.69) is 20.9 Å². The highest BCUT2D eigenvalue weighted by molar-refractivity contribution is 9.10. The standard InChI is InChI=1S/C12H7BrClNO2S/c13-8-6-7(12(16)17)3-4-10(8)18-11-9(14)2-1-5-15-11/h1-6H,(H,16,17). The highest BCUT2D eigenvalue weighted by Crippen LogP contribution is 2.36. The minimum absolute atomic E-state index is 0.235. The van der Waals surface area contributed by atoms with Crippen LogP contribution in [0, 0.1) is 0 Å². The summed E-state index contributed by atoms with van der Waals surface area (Å²) < 4.78 is 0.703. The molecule has 2 aromatic rings. The van der Waals surface area contributed by atoms with Gasteiger partial charge in [0.05, 0.1) is 10.6 Å². The highest BCUT2D eigenvalue weighted by Gasteiger charge is 2.10. The van der Waals surface area contributed by atoms with E-state index in [1.165, 1.54) is 11.8 Å². The largest absolute Gasteiger partial charge is 0.478 e. The van der Waals surface area contributed by atoms with Gasteiger partial charge in [0.25, 0.3) is 0 Å². The maximum Gasteiger partial charge on any atom is 0.335 e. The molecule has 6 heteroatoms. The molecule has 0 amide bonds. The van der Waals surface area contributed by atoms with E-state index in [9.17, 15) is 4.79 Å². The number of aromatic carboxylic acids is 1. The number of nitrogens with zero attached hydrogens (tertiary/aromatic N) is 1. The van der Waals surface area contributed by atoms with Crippen LogP contribution in [0.4, 0.5) is 0 Å². The zero-order valence-corrected chi connectivity index (χ0v) is 12.1. The first kappa shape index (κ1) is 13.4. The average Bonchev–Trinajstić information content (AvgIpc) is 2.34. The zero-order valence-electron chi connectivity index (χ0n) is 8.93. The van der Waals surface area contributed by atoms with Crippen molar-refractivity contribution in [3.05, 3.63) is 51.6 Å². The van der Waals surface area contributed by atoms with E-state index in [1.54, 1.807) is 36.5 Å². The maximum atomic E-state index is 10.8. The average molecular weight is 345 g/mol. The molecule has 1 N–H and O–H groups in total. The molecule has 92 valence electrons. The number of carbonyl (C=O) groups is 1. The fourth-order valence-corrected chi connectivity index (χ4v) is 2.91. The third-order valence-corrected chi connectivity index (χ3v) is 4.54. The van der Waals surface area contributed by atoms with Crippen LogP contribution < -0.4 is 0 Å². The van der Waals surface area contributed by atoms with E-state index in [0.29, 0.717) is 14.5 Å². The van der Waals surface area contributed by atoms with Crippen LogP contribution >= 0.6 is 39.3 Å². The fourth-order valence-electron chi connectivity index (χ4n) is 1.27. The van der Waals surface area contributed by atoms with Crippen LogP contribution in [0.3, 0.4) is 0 Å². The Balaban J connectivity index is 2.30. The van der Waals surface area contributed by atoms with Gasteiger partial charge < -0.3 is 5.11 Å². The lowest BCUT2D eigenvalue weighted by Crippen LogP contribution is -1.95. The van der Waals surface area contributed by atoms with Crippen molar-refractivity contribution in [1.29, 1.82) is 0 Å². The summed E-state index contributed by atoms with van der Waals surface area (Å²) in [5.41, 5.74) is 0.235. The van der Waals surface area contributed by atoms with E-state index >= 15 is 0 Å². The molecule has 0 aliphatic rings. The summed E-state index contributed by atoms with van der Waals surface area (Å²) in [6.45, 7) is 0. The summed E-state index contributed by atoms with van der Waals surface area (Å²) in [6, 6.07) is 8.35. The number of rotatable bonds is 3. The molecular formula is C12H7BrClNO2S. The molecular weight excluding hydrogens is 338 g/mol.